The van der Waals surface area contributed by atoms with Crippen LogP contribution >= 0.6 is 11.6 Å². The first-order valence-electron chi connectivity index (χ1n) is 6.27. The highest BCUT2D eigenvalue weighted by Gasteiger charge is 2.18. The third kappa shape index (κ3) is 5.57. The average molecular weight is 288 g/mol. The van der Waals surface area contributed by atoms with Gasteiger partial charge in [0.25, 0.3) is 0 Å². The van der Waals surface area contributed by atoms with Crippen molar-refractivity contribution in [2.75, 3.05) is 6.54 Å². The minimum Gasteiger partial charge on any atom is -0.481 e. The number of aliphatic carboxylic acids is 1. The molecule has 2 N–H and O–H groups in total. The van der Waals surface area contributed by atoms with Crippen molar-refractivity contribution in [3.8, 4) is 0 Å². The Morgan fingerprint density at radius 2 is 2.16 bits per heavy atom. The van der Waals surface area contributed by atoms with Crippen molar-refractivity contribution in [1.29, 1.82) is 0 Å². The van der Waals surface area contributed by atoms with Gasteiger partial charge in [-0.25, -0.2) is 4.39 Å². The predicted molar refractivity (Wildman–Crippen MR) is 73.7 cm³/mol. The van der Waals surface area contributed by atoms with Crippen LogP contribution in [0.3, 0.4) is 0 Å². The average Bonchev–Trinajstić information content (AvgIpc) is 2.31. The fourth-order valence-electron chi connectivity index (χ4n) is 1.88. The molecular formula is C14H19ClFNO2. The maximum absolute atomic E-state index is 13.0. The molecule has 5 heteroatoms. The largest absolute Gasteiger partial charge is 0.481 e. The van der Waals surface area contributed by atoms with Crippen LogP contribution in [-0.2, 0) is 11.3 Å². The summed E-state index contributed by atoms with van der Waals surface area (Å²) in [7, 11) is 0. The van der Waals surface area contributed by atoms with Crippen molar-refractivity contribution < 1.29 is 14.3 Å². The van der Waals surface area contributed by atoms with Gasteiger partial charge in [-0.3, -0.25) is 4.79 Å². The van der Waals surface area contributed by atoms with E-state index in [2.05, 4.69) is 5.32 Å². The second-order valence-electron chi connectivity index (χ2n) is 5.04. The molecule has 0 aliphatic heterocycles. The molecule has 0 spiro atoms. The maximum atomic E-state index is 13.0. The van der Waals surface area contributed by atoms with E-state index in [1.807, 2.05) is 13.8 Å². The van der Waals surface area contributed by atoms with Crippen LogP contribution in [0.25, 0.3) is 0 Å². The van der Waals surface area contributed by atoms with E-state index in [0.29, 0.717) is 25.4 Å². The van der Waals surface area contributed by atoms with Gasteiger partial charge in [0.1, 0.15) is 5.82 Å². The first-order chi connectivity index (χ1) is 8.90. The Bertz CT molecular complexity index is 437. The second kappa shape index (κ2) is 7.46. The van der Waals surface area contributed by atoms with Gasteiger partial charge < -0.3 is 10.4 Å². The molecule has 0 aliphatic rings. The predicted octanol–water partition coefficient (Wildman–Crippen LogP) is 3.32. The van der Waals surface area contributed by atoms with Crippen LogP contribution in [0.2, 0.25) is 5.02 Å². The van der Waals surface area contributed by atoms with E-state index in [9.17, 15) is 9.18 Å². The van der Waals surface area contributed by atoms with Gasteiger partial charge in [-0.05, 0) is 30.0 Å². The van der Waals surface area contributed by atoms with Crippen molar-refractivity contribution >= 4 is 17.6 Å². The maximum Gasteiger partial charge on any atom is 0.307 e. The lowest BCUT2D eigenvalue weighted by atomic mass is 9.97. The van der Waals surface area contributed by atoms with Gasteiger partial charge in [0.05, 0.1) is 10.9 Å². The van der Waals surface area contributed by atoms with E-state index in [4.69, 9.17) is 16.7 Å². The van der Waals surface area contributed by atoms with Crippen molar-refractivity contribution in [2.45, 2.75) is 26.8 Å². The van der Waals surface area contributed by atoms with E-state index in [1.165, 1.54) is 6.07 Å². The SMILES string of the molecule is CC(C)CC(CNCc1ccc(F)c(Cl)c1)C(=O)O. The monoisotopic (exact) mass is 287 g/mol. The number of carbonyl (C=O) groups is 1. The Balaban J connectivity index is 2.47. The van der Waals surface area contributed by atoms with Gasteiger partial charge in [0, 0.05) is 13.1 Å². The number of hydrogen-bond donors (Lipinski definition) is 2. The molecule has 0 radical (unpaired) electrons. The summed E-state index contributed by atoms with van der Waals surface area (Å²) in [5.74, 6) is -1.31. The molecule has 1 aromatic carbocycles. The Labute approximate surface area is 117 Å². The number of halogens is 2. The van der Waals surface area contributed by atoms with E-state index in [-0.39, 0.29) is 5.02 Å². The molecule has 0 saturated heterocycles. The Kier molecular flexibility index (Phi) is 6.25. The molecule has 3 nitrogen and oxygen atoms in total. The van der Waals surface area contributed by atoms with Crippen LogP contribution in [0.1, 0.15) is 25.8 Å². The zero-order valence-corrected chi connectivity index (χ0v) is 11.9. The minimum atomic E-state index is -0.793. The lowest BCUT2D eigenvalue weighted by molar-refractivity contribution is -0.142. The zero-order valence-electron chi connectivity index (χ0n) is 11.1. The molecule has 0 bridgehead atoms. The van der Waals surface area contributed by atoms with Crippen molar-refractivity contribution in [3.05, 3.63) is 34.6 Å². The van der Waals surface area contributed by atoms with E-state index in [0.717, 1.165) is 5.56 Å². The molecular weight excluding hydrogens is 269 g/mol. The number of hydrogen-bond acceptors (Lipinski definition) is 2. The number of rotatable bonds is 7. The number of carboxylic acids is 1. The number of carboxylic acid groups (broad SMARTS) is 1. The van der Waals surface area contributed by atoms with Crippen LogP contribution in [0.5, 0.6) is 0 Å². The Hall–Kier alpha value is -1.13. The summed E-state index contributed by atoms with van der Waals surface area (Å²) in [5.41, 5.74) is 0.833. The molecule has 1 atom stereocenters. The van der Waals surface area contributed by atoms with Crippen LogP contribution in [0, 0.1) is 17.7 Å². The minimum absolute atomic E-state index is 0.0799. The topological polar surface area (TPSA) is 49.3 Å². The van der Waals surface area contributed by atoms with Gasteiger partial charge in [-0.1, -0.05) is 31.5 Å². The van der Waals surface area contributed by atoms with Crippen molar-refractivity contribution in [2.24, 2.45) is 11.8 Å². The molecule has 0 aromatic heterocycles. The molecule has 0 fully saturated rings. The van der Waals surface area contributed by atoms with E-state index in [1.54, 1.807) is 12.1 Å². The summed E-state index contributed by atoms with van der Waals surface area (Å²) in [6, 6.07) is 4.48. The summed E-state index contributed by atoms with van der Waals surface area (Å²) >= 11 is 5.68. The number of benzene rings is 1. The molecule has 0 saturated carbocycles. The molecule has 106 valence electrons. The van der Waals surface area contributed by atoms with Crippen molar-refractivity contribution in [1.82, 2.24) is 5.32 Å². The van der Waals surface area contributed by atoms with E-state index >= 15 is 0 Å². The van der Waals surface area contributed by atoms with Crippen LogP contribution in [-0.4, -0.2) is 17.6 Å². The summed E-state index contributed by atoms with van der Waals surface area (Å²) in [5, 5.41) is 12.2. The molecule has 0 amide bonds. The first kappa shape index (κ1) is 15.9. The molecule has 19 heavy (non-hydrogen) atoms. The number of nitrogens with one attached hydrogen (secondary N) is 1. The Morgan fingerprint density at radius 1 is 1.47 bits per heavy atom. The smallest absolute Gasteiger partial charge is 0.307 e. The molecule has 1 aromatic rings. The fraction of sp³-hybridized carbons (Fsp3) is 0.500. The first-order valence-corrected chi connectivity index (χ1v) is 6.65. The van der Waals surface area contributed by atoms with Crippen LogP contribution in [0.15, 0.2) is 18.2 Å². The third-order valence-corrected chi connectivity index (χ3v) is 3.10. The normalized spacial score (nSPS) is 12.7. The lowest BCUT2D eigenvalue weighted by Crippen LogP contribution is -2.29. The molecule has 0 heterocycles. The summed E-state index contributed by atoms with van der Waals surface area (Å²) in [4.78, 5) is 11.1. The molecule has 0 aliphatic carbocycles. The van der Waals surface area contributed by atoms with Crippen LogP contribution in [0.4, 0.5) is 4.39 Å². The highest BCUT2D eigenvalue weighted by molar-refractivity contribution is 6.30. The lowest BCUT2D eigenvalue weighted by Gasteiger charge is -2.15. The van der Waals surface area contributed by atoms with Crippen molar-refractivity contribution in [3.63, 3.8) is 0 Å². The molecule has 1 rings (SSSR count). The van der Waals surface area contributed by atoms with Gasteiger partial charge >= 0.3 is 5.97 Å². The summed E-state index contributed by atoms with van der Waals surface area (Å²) < 4.78 is 13.0. The van der Waals surface area contributed by atoms with E-state index < -0.39 is 17.7 Å². The summed E-state index contributed by atoms with van der Waals surface area (Å²) in [6.07, 6.45) is 0.631. The highest BCUT2D eigenvalue weighted by atomic mass is 35.5. The summed E-state index contributed by atoms with van der Waals surface area (Å²) in [6.45, 7) is 4.86. The van der Waals surface area contributed by atoms with Crippen LogP contribution < -0.4 is 5.32 Å². The highest BCUT2D eigenvalue weighted by Crippen LogP contribution is 2.16. The quantitative estimate of drug-likeness (QED) is 0.809. The fourth-order valence-corrected chi connectivity index (χ4v) is 2.08. The van der Waals surface area contributed by atoms with Gasteiger partial charge in [-0.15, -0.1) is 0 Å². The van der Waals surface area contributed by atoms with Gasteiger partial charge in [0.2, 0.25) is 0 Å². The van der Waals surface area contributed by atoms with Gasteiger partial charge in [0.15, 0.2) is 0 Å². The molecule has 1 unspecified atom stereocenters. The van der Waals surface area contributed by atoms with Gasteiger partial charge in [-0.2, -0.15) is 0 Å². The standard InChI is InChI=1S/C14H19ClFNO2/c1-9(2)5-11(14(18)19)8-17-7-10-3-4-13(16)12(15)6-10/h3-4,6,9,11,17H,5,7-8H2,1-2H3,(H,18,19). The second-order valence-corrected chi connectivity index (χ2v) is 5.45. The Morgan fingerprint density at radius 3 is 2.68 bits per heavy atom. The third-order valence-electron chi connectivity index (χ3n) is 2.81. The zero-order chi connectivity index (χ0) is 14.4.